The van der Waals surface area contributed by atoms with E-state index in [4.69, 9.17) is 4.98 Å². The Morgan fingerprint density at radius 1 is 1.00 bits per heavy atom. The SMILES string of the molecule is CCc1nc2ccc(-c3ccc(=O)[nH]n3)cc2n1-c1ccc(-c2ccccc2)c(C(=O)O)c1C. The molecule has 0 unspecified atom stereocenters. The molecule has 2 aromatic heterocycles. The van der Waals surface area contributed by atoms with Crippen molar-refractivity contribution in [2.75, 3.05) is 0 Å². The zero-order chi connectivity index (χ0) is 23.8. The Morgan fingerprint density at radius 3 is 2.47 bits per heavy atom. The number of aromatic carboxylic acids is 1. The van der Waals surface area contributed by atoms with E-state index in [9.17, 15) is 14.7 Å². The van der Waals surface area contributed by atoms with Gasteiger partial charge in [-0.15, -0.1) is 0 Å². The van der Waals surface area contributed by atoms with Gasteiger partial charge in [-0.05, 0) is 47.9 Å². The summed E-state index contributed by atoms with van der Waals surface area (Å²) < 4.78 is 2.01. The third kappa shape index (κ3) is 3.57. The maximum atomic E-state index is 12.4. The molecule has 5 rings (SSSR count). The van der Waals surface area contributed by atoms with Crippen molar-refractivity contribution in [3.63, 3.8) is 0 Å². The minimum Gasteiger partial charge on any atom is -0.478 e. The number of fused-ring (bicyclic) bond motifs is 1. The number of benzene rings is 3. The molecule has 0 bridgehead atoms. The van der Waals surface area contributed by atoms with Crippen molar-refractivity contribution in [1.82, 2.24) is 19.7 Å². The number of nitrogens with zero attached hydrogens (tertiary/aromatic N) is 3. The Kier molecular flexibility index (Phi) is 5.30. The molecule has 0 radical (unpaired) electrons. The van der Waals surface area contributed by atoms with Gasteiger partial charge in [-0.1, -0.05) is 49.4 Å². The first-order valence-corrected chi connectivity index (χ1v) is 11.0. The summed E-state index contributed by atoms with van der Waals surface area (Å²) in [4.78, 5) is 28.6. The van der Waals surface area contributed by atoms with Gasteiger partial charge in [0.25, 0.3) is 5.56 Å². The number of carboxylic acid groups (broad SMARTS) is 1. The fourth-order valence-electron chi connectivity index (χ4n) is 4.37. The first-order valence-electron chi connectivity index (χ1n) is 11.0. The van der Waals surface area contributed by atoms with Crippen molar-refractivity contribution in [2.45, 2.75) is 20.3 Å². The van der Waals surface area contributed by atoms with E-state index in [1.54, 1.807) is 6.07 Å². The van der Waals surface area contributed by atoms with Crippen molar-refractivity contribution >= 4 is 17.0 Å². The van der Waals surface area contributed by atoms with Crippen molar-refractivity contribution in [2.24, 2.45) is 0 Å². The Bertz CT molecular complexity index is 1580. The number of hydrogen-bond acceptors (Lipinski definition) is 4. The van der Waals surface area contributed by atoms with Gasteiger partial charge < -0.3 is 5.11 Å². The number of H-pyrrole nitrogens is 1. The first-order chi connectivity index (χ1) is 16.5. The Morgan fingerprint density at radius 2 is 1.79 bits per heavy atom. The quantitative estimate of drug-likeness (QED) is 0.392. The molecule has 0 fully saturated rings. The molecular formula is C27H22N4O3. The zero-order valence-corrected chi connectivity index (χ0v) is 18.7. The molecule has 0 amide bonds. The summed E-state index contributed by atoms with van der Waals surface area (Å²) in [5.74, 6) is -0.146. The van der Waals surface area contributed by atoms with Gasteiger partial charge >= 0.3 is 5.97 Å². The van der Waals surface area contributed by atoms with E-state index >= 15 is 0 Å². The number of hydrogen-bond donors (Lipinski definition) is 2. The van der Waals surface area contributed by atoms with Crippen LogP contribution in [0.2, 0.25) is 0 Å². The number of aromatic nitrogens is 4. The molecular weight excluding hydrogens is 428 g/mol. The molecule has 2 heterocycles. The van der Waals surface area contributed by atoms with Crippen molar-refractivity contribution in [1.29, 1.82) is 0 Å². The van der Waals surface area contributed by atoms with Crippen LogP contribution in [0.25, 0.3) is 39.1 Å². The van der Waals surface area contributed by atoms with E-state index in [1.807, 2.05) is 79.1 Å². The van der Waals surface area contributed by atoms with Gasteiger partial charge in [-0.25, -0.2) is 14.9 Å². The maximum absolute atomic E-state index is 12.4. The van der Waals surface area contributed by atoms with E-state index < -0.39 is 5.97 Å². The lowest BCUT2D eigenvalue weighted by molar-refractivity contribution is 0.0697. The van der Waals surface area contributed by atoms with E-state index in [0.717, 1.165) is 33.7 Å². The van der Waals surface area contributed by atoms with Crippen LogP contribution in [0.5, 0.6) is 0 Å². The van der Waals surface area contributed by atoms with Crippen LogP contribution in [0.15, 0.2) is 77.6 Å². The average molecular weight is 450 g/mol. The standard InChI is InChI=1S/C27H22N4O3/c1-3-24-28-21-11-9-18(20-12-14-25(32)30-29-20)15-23(21)31(24)22-13-10-19(17-7-5-4-6-8-17)26(16(22)2)27(33)34/h4-15H,3H2,1-2H3,(H,30,32)(H,33,34). The Hall–Kier alpha value is -4.52. The fraction of sp³-hybridized carbons (Fsp3) is 0.111. The normalized spacial score (nSPS) is 11.1. The lowest BCUT2D eigenvalue weighted by atomic mass is 9.94. The zero-order valence-electron chi connectivity index (χ0n) is 18.7. The van der Waals surface area contributed by atoms with Crippen LogP contribution in [-0.2, 0) is 6.42 Å². The molecule has 7 heteroatoms. The van der Waals surface area contributed by atoms with Crippen LogP contribution in [-0.4, -0.2) is 30.8 Å². The molecule has 5 aromatic rings. The highest BCUT2D eigenvalue weighted by Crippen LogP contribution is 2.33. The van der Waals surface area contributed by atoms with E-state index in [1.165, 1.54) is 6.07 Å². The molecule has 2 N–H and O–H groups in total. The molecule has 3 aromatic carbocycles. The van der Waals surface area contributed by atoms with Gasteiger partial charge in [-0.2, -0.15) is 5.10 Å². The molecule has 168 valence electrons. The van der Waals surface area contributed by atoms with Gasteiger partial charge in [0.2, 0.25) is 0 Å². The summed E-state index contributed by atoms with van der Waals surface area (Å²) in [6.45, 7) is 3.86. The second-order valence-corrected chi connectivity index (χ2v) is 8.03. The summed E-state index contributed by atoms with van der Waals surface area (Å²) in [6, 6.07) is 22.2. The van der Waals surface area contributed by atoms with Crippen molar-refractivity contribution in [3.05, 3.63) is 100 Å². The number of carbonyl (C=O) groups is 1. The number of aryl methyl sites for hydroxylation is 1. The fourth-order valence-corrected chi connectivity index (χ4v) is 4.37. The minimum absolute atomic E-state index is 0.265. The van der Waals surface area contributed by atoms with E-state index in [2.05, 4.69) is 10.2 Å². The highest BCUT2D eigenvalue weighted by molar-refractivity contribution is 5.99. The number of aromatic amines is 1. The lowest BCUT2D eigenvalue weighted by Gasteiger charge is -2.17. The number of imidazole rings is 1. The van der Waals surface area contributed by atoms with Gasteiger partial charge in [-0.3, -0.25) is 9.36 Å². The molecule has 34 heavy (non-hydrogen) atoms. The molecule has 0 aliphatic carbocycles. The van der Waals surface area contributed by atoms with Crippen LogP contribution < -0.4 is 5.56 Å². The molecule has 7 nitrogen and oxygen atoms in total. The largest absolute Gasteiger partial charge is 0.478 e. The van der Waals surface area contributed by atoms with E-state index in [0.29, 0.717) is 23.2 Å². The molecule has 0 atom stereocenters. The van der Waals surface area contributed by atoms with Gasteiger partial charge in [0, 0.05) is 18.1 Å². The predicted molar refractivity (Wildman–Crippen MR) is 131 cm³/mol. The maximum Gasteiger partial charge on any atom is 0.336 e. The topological polar surface area (TPSA) is 101 Å². The van der Waals surface area contributed by atoms with Crippen LogP contribution in [0.3, 0.4) is 0 Å². The summed E-state index contributed by atoms with van der Waals surface area (Å²) in [7, 11) is 0. The predicted octanol–water partition coefficient (Wildman–Crippen LogP) is 5.01. The highest BCUT2D eigenvalue weighted by atomic mass is 16.4. The molecule has 0 aliphatic rings. The smallest absolute Gasteiger partial charge is 0.336 e. The van der Waals surface area contributed by atoms with Gasteiger partial charge in [0.05, 0.1) is 28.0 Å². The number of nitrogens with one attached hydrogen (secondary N) is 1. The Balaban J connectivity index is 1.76. The van der Waals surface area contributed by atoms with Gasteiger partial charge in [0.15, 0.2) is 0 Å². The van der Waals surface area contributed by atoms with Crippen LogP contribution >= 0.6 is 0 Å². The van der Waals surface area contributed by atoms with Crippen LogP contribution in [0, 0.1) is 6.92 Å². The lowest BCUT2D eigenvalue weighted by Crippen LogP contribution is -2.09. The molecule has 0 spiro atoms. The number of carboxylic acids is 1. The monoisotopic (exact) mass is 450 g/mol. The summed E-state index contributed by atoms with van der Waals surface area (Å²) in [5, 5.41) is 16.7. The summed E-state index contributed by atoms with van der Waals surface area (Å²) >= 11 is 0. The molecule has 0 aliphatic heterocycles. The van der Waals surface area contributed by atoms with Crippen LogP contribution in [0.4, 0.5) is 0 Å². The van der Waals surface area contributed by atoms with E-state index in [-0.39, 0.29) is 11.1 Å². The Labute approximate surface area is 195 Å². The average Bonchev–Trinajstić information content (AvgIpc) is 3.22. The third-order valence-corrected chi connectivity index (χ3v) is 5.99. The minimum atomic E-state index is -0.973. The summed E-state index contributed by atoms with van der Waals surface area (Å²) in [6.07, 6.45) is 0.670. The van der Waals surface area contributed by atoms with Crippen molar-refractivity contribution < 1.29 is 9.90 Å². The number of rotatable bonds is 5. The second-order valence-electron chi connectivity index (χ2n) is 8.03. The molecule has 0 saturated heterocycles. The van der Waals surface area contributed by atoms with Gasteiger partial charge in [0.1, 0.15) is 5.82 Å². The van der Waals surface area contributed by atoms with Crippen LogP contribution in [0.1, 0.15) is 28.7 Å². The molecule has 0 saturated carbocycles. The third-order valence-electron chi connectivity index (χ3n) is 5.99. The second kappa shape index (κ2) is 8.44. The first kappa shape index (κ1) is 21.3. The summed E-state index contributed by atoms with van der Waals surface area (Å²) in [5.41, 5.74) is 6.06. The van der Waals surface area contributed by atoms with Crippen molar-refractivity contribution in [3.8, 4) is 28.1 Å². The highest BCUT2D eigenvalue weighted by Gasteiger charge is 2.21.